The van der Waals surface area contributed by atoms with Crippen molar-refractivity contribution in [3.05, 3.63) is 45.5 Å². The normalized spacial score (nSPS) is 20.1. The van der Waals surface area contributed by atoms with Gasteiger partial charge in [0.2, 0.25) is 0 Å². The molecule has 0 aromatic carbocycles. The average molecular weight is 631 g/mol. The predicted molar refractivity (Wildman–Crippen MR) is 135 cm³/mol. The summed E-state index contributed by atoms with van der Waals surface area (Å²) >= 11 is 12.0. The number of Topliss-reactive ketones (excluding diaryl/α,β-unsaturated/α-hetero) is 1. The minimum Gasteiger partial charge on any atom is -0.481 e. The van der Waals surface area contributed by atoms with Crippen molar-refractivity contribution in [1.29, 1.82) is 0 Å². The first-order valence-corrected chi connectivity index (χ1v) is 13.1. The average Bonchev–Trinajstić information content (AvgIpc) is 3.28. The molecule has 2 aromatic heterocycles. The standard InChI is InChI=1S/C25H26Cl2F6N4O4/c1-12-6-13(4-5-14(12)22(40)41)37-20(24(28,29)30)15(7-35-37)21(39)36(11-23(2,3)25(31,32)33)10-18(38)19-16(26)8-34-9-17(19)27/h7-9,12-14H,4-6,10-11H2,1-3H3,(H,40,41)/t12-,13+,14+/m0/s1. The molecule has 0 aliphatic heterocycles. The maximum Gasteiger partial charge on any atom is 0.433 e. The van der Waals surface area contributed by atoms with Gasteiger partial charge in [-0.05, 0) is 39.0 Å². The molecule has 1 fully saturated rings. The number of alkyl halides is 6. The van der Waals surface area contributed by atoms with Crippen LogP contribution in [0.15, 0.2) is 18.6 Å². The van der Waals surface area contributed by atoms with Crippen LogP contribution in [-0.4, -0.2) is 61.7 Å². The van der Waals surface area contributed by atoms with E-state index in [-0.39, 0.29) is 34.9 Å². The van der Waals surface area contributed by atoms with Crippen LogP contribution in [0, 0.1) is 17.3 Å². The van der Waals surface area contributed by atoms with E-state index in [0.717, 1.165) is 26.2 Å². The molecule has 41 heavy (non-hydrogen) atoms. The van der Waals surface area contributed by atoms with Crippen molar-refractivity contribution in [1.82, 2.24) is 19.7 Å². The summed E-state index contributed by atoms with van der Waals surface area (Å²) in [5.74, 6) is -4.88. The van der Waals surface area contributed by atoms with Crippen molar-refractivity contribution in [2.24, 2.45) is 17.3 Å². The Labute approximate surface area is 240 Å². The highest BCUT2D eigenvalue weighted by Crippen LogP contribution is 2.42. The highest BCUT2D eigenvalue weighted by Gasteiger charge is 2.50. The first kappa shape index (κ1) is 32.6. The van der Waals surface area contributed by atoms with Crippen LogP contribution in [-0.2, 0) is 11.0 Å². The Morgan fingerprint density at radius 3 is 2.12 bits per heavy atom. The lowest BCUT2D eigenvalue weighted by Crippen LogP contribution is -2.48. The van der Waals surface area contributed by atoms with Gasteiger partial charge in [-0.2, -0.15) is 31.4 Å². The fourth-order valence-corrected chi connectivity index (χ4v) is 5.48. The Kier molecular flexibility index (Phi) is 9.38. The van der Waals surface area contributed by atoms with E-state index in [1.807, 2.05) is 0 Å². The molecule has 0 radical (unpaired) electrons. The zero-order valence-corrected chi connectivity index (χ0v) is 23.5. The van der Waals surface area contributed by atoms with Crippen LogP contribution in [0.1, 0.15) is 72.5 Å². The fraction of sp³-hybridized carbons (Fsp3) is 0.560. The SMILES string of the molecule is C[C@H]1C[C@H](n2ncc(C(=O)N(CC(=O)c3c(Cl)cncc3Cl)CC(C)(C)C(F)(F)F)c2C(F)(F)F)CC[C@H]1C(=O)O. The summed E-state index contributed by atoms with van der Waals surface area (Å²) in [6.45, 7) is 0.798. The minimum absolute atomic E-state index is 0.0116. The van der Waals surface area contributed by atoms with Crippen LogP contribution in [0.2, 0.25) is 10.0 Å². The molecule has 3 atom stereocenters. The van der Waals surface area contributed by atoms with E-state index in [4.69, 9.17) is 23.2 Å². The summed E-state index contributed by atoms with van der Waals surface area (Å²) < 4.78 is 85.0. The van der Waals surface area contributed by atoms with Crippen LogP contribution in [0.5, 0.6) is 0 Å². The zero-order valence-electron chi connectivity index (χ0n) is 22.0. The molecule has 2 aromatic rings. The quantitative estimate of drug-likeness (QED) is 0.261. The number of pyridine rings is 1. The number of carboxylic acids is 1. The zero-order chi connectivity index (χ0) is 31.1. The molecule has 1 N–H and O–H groups in total. The number of ketones is 1. The van der Waals surface area contributed by atoms with Crippen molar-refractivity contribution >= 4 is 40.9 Å². The fourth-order valence-electron chi connectivity index (χ4n) is 4.90. The summed E-state index contributed by atoms with van der Waals surface area (Å²) in [5, 5.41) is 12.6. The summed E-state index contributed by atoms with van der Waals surface area (Å²) in [7, 11) is 0. The molecule has 1 aliphatic carbocycles. The van der Waals surface area contributed by atoms with Gasteiger partial charge in [-0.25, -0.2) is 0 Å². The van der Waals surface area contributed by atoms with E-state index in [0.29, 0.717) is 15.8 Å². The Hall–Kier alpha value is -2.87. The number of hydrogen-bond acceptors (Lipinski definition) is 5. The lowest BCUT2D eigenvalue weighted by atomic mass is 9.78. The van der Waals surface area contributed by atoms with Gasteiger partial charge in [0.1, 0.15) is 0 Å². The van der Waals surface area contributed by atoms with Crippen molar-refractivity contribution in [3.8, 4) is 0 Å². The number of hydrogen-bond donors (Lipinski definition) is 1. The smallest absolute Gasteiger partial charge is 0.433 e. The summed E-state index contributed by atoms with van der Waals surface area (Å²) in [6, 6.07) is -0.921. The second kappa shape index (κ2) is 11.8. The van der Waals surface area contributed by atoms with Gasteiger partial charge in [-0.3, -0.25) is 24.0 Å². The Bertz CT molecular complexity index is 1310. The molecular formula is C25H26Cl2F6N4O4. The first-order valence-electron chi connectivity index (χ1n) is 12.3. The Morgan fingerprint density at radius 2 is 1.63 bits per heavy atom. The van der Waals surface area contributed by atoms with Gasteiger partial charge >= 0.3 is 18.3 Å². The number of aliphatic carboxylic acids is 1. The van der Waals surface area contributed by atoms with E-state index in [2.05, 4.69) is 10.1 Å². The maximum absolute atomic E-state index is 14.4. The van der Waals surface area contributed by atoms with E-state index < -0.39 is 77.7 Å². The van der Waals surface area contributed by atoms with Gasteiger partial charge in [0, 0.05) is 18.9 Å². The number of aromatic nitrogens is 3. The highest BCUT2D eigenvalue weighted by molar-refractivity contribution is 6.39. The van der Waals surface area contributed by atoms with E-state index in [1.54, 1.807) is 6.92 Å². The van der Waals surface area contributed by atoms with Crippen molar-refractivity contribution in [3.63, 3.8) is 0 Å². The van der Waals surface area contributed by atoms with Crippen molar-refractivity contribution < 1.29 is 45.8 Å². The molecule has 3 rings (SSSR count). The topological polar surface area (TPSA) is 105 Å². The molecule has 16 heteroatoms. The molecule has 226 valence electrons. The minimum atomic E-state index is -5.17. The second-order valence-corrected chi connectivity index (χ2v) is 11.5. The van der Waals surface area contributed by atoms with E-state index >= 15 is 0 Å². The van der Waals surface area contributed by atoms with Gasteiger partial charge in [-0.15, -0.1) is 0 Å². The molecule has 2 heterocycles. The molecule has 8 nitrogen and oxygen atoms in total. The van der Waals surface area contributed by atoms with Crippen molar-refractivity contribution in [2.45, 2.75) is 58.4 Å². The van der Waals surface area contributed by atoms with Gasteiger partial charge in [0.05, 0.1) is 51.3 Å². The number of carbonyl (C=O) groups is 3. The summed E-state index contributed by atoms with van der Waals surface area (Å²) in [6.07, 6.45) is -7.28. The summed E-state index contributed by atoms with van der Waals surface area (Å²) in [5.41, 5.74) is -5.55. The number of carboxylic acid groups (broad SMARTS) is 1. The summed E-state index contributed by atoms with van der Waals surface area (Å²) in [4.78, 5) is 42.1. The molecule has 0 bridgehead atoms. The van der Waals surface area contributed by atoms with Crippen LogP contribution in [0.3, 0.4) is 0 Å². The number of carbonyl (C=O) groups excluding carboxylic acids is 2. The number of rotatable bonds is 8. The van der Waals surface area contributed by atoms with E-state index in [1.165, 1.54) is 0 Å². The molecule has 0 saturated heterocycles. The van der Waals surface area contributed by atoms with Gasteiger partial charge < -0.3 is 10.0 Å². The van der Waals surface area contributed by atoms with Gasteiger partial charge in [0.15, 0.2) is 11.5 Å². The molecule has 1 amide bonds. The van der Waals surface area contributed by atoms with Gasteiger partial charge in [-0.1, -0.05) is 30.1 Å². The lowest BCUT2D eigenvalue weighted by molar-refractivity contribution is -0.214. The molecular weight excluding hydrogens is 605 g/mol. The Balaban J connectivity index is 2.06. The second-order valence-electron chi connectivity index (χ2n) is 10.7. The molecule has 0 unspecified atom stereocenters. The lowest BCUT2D eigenvalue weighted by Gasteiger charge is -2.34. The van der Waals surface area contributed by atoms with Crippen LogP contribution < -0.4 is 0 Å². The largest absolute Gasteiger partial charge is 0.481 e. The third-order valence-electron chi connectivity index (χ3n) is 7.21. The van der Waals surface area contributed by atoms with Gasteiger partial charge in [0.25, 0.3) is 5.91 Å². The molecule has 0 spiro atoms. The number of amides is 1. The Morgan fingerprint density at radius 1 is 1.05 bits per heavy atom. The van der Waals surface area contributed by atoms with Crippen LogP contribution in [0.4, 0.5) is 26.3 Å². The van der Waals surface area contributed by atoms with E-state index in [9.17, 15) is 45.8 Å². The first-order chi connectivity index (χ1) is 18.8. The number of halogens is 8. The highest BCUT2D eigenvalue weighted by atomic mass is 35.5. The van der Waals surface area contributed by atoms with Crippen LogP contribution in [0.25, 0.3) is 0 Å². The predicted octanol–water partition coefficient (Wildman–Crippen LogP) is 6.58. The third kappa shape index (κ3) is 6.96. The molecule has 1 aliphatic rings. The molecule has 1 saturated carbocycles. The van der Waals surface area contributed by atoms with Crippen molar-refractivity contribution in [2.75, 3.05) is 13.1 Å². The van der Waals surface area contributed by atoms with Crippen LogP contribution >= 0.6 is 23.2 Å². The maximum atomic E-state index is 14.4. The monoisotopic (exact) mass is 630 g/mol. The third-order valence-corrected chi connectivity index (χ3v) is 7.78. The number of nitrogens with zero attached hydrogens (tertiary/aromatic N) is 4.